The third kappa shape index (κ3) is 2.77. The Balaban J connectivity index is 2.17. The monoisotopic (exact) mass is 275 g/mol. The summed E-state index contributed by atoms with van der Waals surface area (Å²) in [4.78, 5) is 23.4. The van der Waals surface area contributed by atoms with Crippen LogP contribution in [0.2, 0.25) is 0 Å². The molecule has 2 N–H and O–H groups in total. The zero-order valence-electron chi connectivity index (χ0n) is 10.8. The molecular weight excluding hydrogens is 262 g/mol. The van der Waals surface area contributed by atoms with Crippen LogP contribution in [0.25, 0.3) is 0 Å². The van der Waals surface area contributed by atoms with Crippen LogP contribution in [0.3, 0.4) is 0 Å². The molecule has 1 aromatic carbocycles. The molecule has 0 aliphatic rings. The van der Waals surface area contributed by atoms with Crippen molar-refractivity contribution in [2.75, 3.05) is 12.3 Å². The number of carbonyl (C=O) groups is 2. The molecule has 0 radical (unpaired) electrons. The van der Waals surface area contributed by atoms with E-state index in [9.17, 15) is 9.59 Å². The van der Waals surface area contributed by atoms with Gasteiger partial charge in [0.25, 0.3) is 0 Å². The van der Waals surface area contributed by atoms with Gasteiger partial charge in [-0.3, -0.25) is 0 Å². The van der Waals surface area contributed by atoms with Crippen LogP contribution in [0.15, 0.2) is 36.5 Å². The first kappa shape index (κ1) is 13.6. The van der Waals surface area contributed by atoms with Crippen molar-refractivity contribution in [2.24, 2.45) is 0 Å². The molecule has 1 aromatic heterocycles. The van der Waals surface area contributed by atoms with Gasteiger partial charge in [0.05, 0.1) is 12.8 Å². The fraction of sp³-hybridized carbons (Fsp3) is 0.154. The number of benzene rings is 1. The lowest BCUT2D eigenvalue weighted by Crippen LogP contribution is -2.20. The molecule has 0 bridgehead atoms. The molecule has 104 valence electrons. The lowest BCUT2D eigenvalue weighted by molar-refractivity contribution is 0.0527. The van der Waals surface area contributed by atoms with Gasteiger partial charge >= 0.3 is 12.1 Å². The molecule has 0 atom stereocenters. The zero-order valence-corrected chi connectivity index (χ0v) is 10.8. The largest absolute Gasteiger partial charge is 0.462 e. The van der Waals surface area contributed by atoms with E-state index in [1.165, 1.54) is 6.20 Å². The standard InChI is InChI=1S/C13H13N3O4/c1-2-19-12(17)10-8-15-16(11(10)14)13(18)20-9-6-4-3-5-7-9/h3-8H,2,14H2,1H3. The van der Waals surface area contributed by atoms with Crippen LogP contribution in [-0.4, -0.2) is 28.4 Å². The molecule has 7 nitrogen and oxygen atoms in total. The lowest BCUT2D eigenvalue weighted by atomic mass is 10.3. The number of esters is 1. The van der Waals surface area contributed by atoms with Gasteiger partial charge in [-0.2, -0.15) is 5.10 Å². The Labute approximate surface area is 114 Å². The van der Waals surface area contributed by atoms with Gasteiger partial charge in [0.15, 0.2) is 0 Å². The Morgan fingerprint density at radius 1 is 1.30 bits per heavy atom. The molecule has 0 aliphatic heterocycles. The second-order valence-electron chi connectivity index (χ2n) is 3.76. The minimum atomic E-state index is -0.802. The summed E-state index contributed by atoms with van der Waals surface area (Å²) in [6.07, 6.45) is 0.365. The molecule has 0 unspecified atom stereocenters. The molecule has 20 heavy (non-hydrogen) atoms. The fourth-order valence-corrected chi connectivity index (χ4v) is 1.50. The Kier molecular flexibility index (Phi) is 3.99. The number of nitrogens with two attached hydrogens (primary N) is 1. The highest BCUT2D eigenvalue weighted by Gasteiger charge is 2.20. The first-order valence-electron chi connectivity index (χ1n) is 5.91. The maximum atomic E-state index is 11.9. The molecule has 2 rings (SSSR count). The van der Waals surface area contributed by atoms with E-state index in [4.69, 9.17) is 15.2 Å². The maximum absolute atomic E-state index is 11.9. The molecule has 1 heterocycles. The normalized spacial score (nSPS) is 10.1. The summed E-state index contributed by atoms with van der Waals surface area (Å²) in [6.45, 7) is 1.88. The number of ether oxygens (including phenoxy) is 2. The third-order valence-corrected chi connectivity index (χ3v) is 2.42. The number of carbonyl (C=O) groups excluding carboxylic acids is 2. The van der Waals surface area contributed by atoms with Gasteiger partial charge in [-0.25, -0.2) is 9.59 Å². The topological polar surface area (TPSA) is 96.4 Å². The van der Waals surface area contributed by atoms with E-state index in [1.807, 2.05) is 0 Å². The zero-order chi connectivity index (χ0) is 14.5. The number of para-hydroxylation sites is 1. The smallest absolute Gasteiger partial charge is 0.442 e. The minimum Gasteiger partial charge on any atom is -0.462 e. The number of hydrogen-bond acceptors (Lipinski definition) is 6. The lowest BCUT2D eigenvalue weighted by Gasteiger charge is -2.05. The van der Waals surface area contributed by atoms with Crippen molar-refractivity contribution in [3.05, 3.63) is 42.1 Å². The molecular formula is C13H13N3O4. The second kappa shape index (κ2) is 5.87. The van der Waals surface area contributed by atoms with E-state index in [2.05, 4.69) is 5.10 Å². The molecule has 0 aliphatic carbocycles. The number of nitrogen functional groups attached to an aromatic ring is 1. The summed E-state index contributed by atoms with van der Waals surface area (Å²) in [5, 5.41) is 3.73. The number of hydrogen-bond donors (Lipinski definition) is 1. The first-order valence-corrected chi connectivity index (χ1v) is 5.91. The summed E-state index contributed by atoms with van der Waals surface area (Å²) in [5.74, 6) is -0.404. The van der Waals surface area contributed by atoms with Gasteiger partial charge < -0.3 is 15.2 Å². The van der Waals surface area contributed by atoms with E-state index in [0.717, 1.165) is 4.68 Å². The van der Waals surface area contributed by atoms with Crippen LogP contribution >= 0.6 is 0 Å². The molecule has 0 saturated heterocycles. The van der Waals surface area contributed by atoms with Gasteiger partial charge in [0.2, 0.25) is 0 Å². The molecule has 7 heteroatoms. The van der Waals surface area contributed by atoms with Crippen molar-refractivity contribution in [2.45, 2.75) is 6.92 Å². The summed E-state index contributed by atoms with van der Waals surface area (Å²) in [7, 11) is 0. The molecule has 0 saturated carbocycles. The Bertz CT molecular complexity index is 622. The predicted octanol–water partition coefficient (Wildman–Crippen LogP) is 1.69. The minimum absolute atomic E-state index is 0.0249. The number of rotatable bonds is 3. The SMILES string of the molecule is CCOC(=O)c1cnn(C(=O)Oc2ccccc2)c1N. The van der Waals surface area contributed by atoms with Crippen molar-refractivity contribution in [1.29, 1.82) is 0 Å². The van der Waals surface area contributed by atoms with Crippen LogP contribution in [0.4, 0.5) is 10.6 Å². The van der Waals surface area contributed by atoms with Crippen LogP contribution in [0.1, 0.15) is 17.3 Å². The number of anilines is 1. The predicted molar refractivity (Wildman–Crippen MR) is 70.5 cm³/mol. The van der Waals surface area contributed by atoms with E-state index >= 15 is 0 Å². The summed E-state index contributed by atoms with van der Waals surface area (Å²) in [5.41, 5.74) is 5.71. The first-order chi connectivity index (χ1) is 9.63. The molecule has 2 aromatic rings. The van der Waals surface area contributed by atoms with Crippen molar-refractivity contribution in [3.63, 3.8) is 0 Å². The summed E-state index contributed by atoms with van der Waals surface area (Å²) in [6, 6.07) is 8.46. The van der Waals surface area contributed by atoms with Crippen molar-refractivity contribution in [1.82, 2.24) is 9.78 Å². The number of aromatic nitrogens is 2. The van der Waals surface area contributed by atoms with Crippen LogP contribution in [-0.2, 0) is 4.74 Å². The fourth-order valence-electron chi connectivity index (χ4n) is 1.50. The van der Waals surface area contributed by atoms with Crippen molar-refractivity contribution in [3.8, 4) is 5.75 Å². The van der Waals surface area contributed by atoms with Crippen molar-refractivity contribution < 1.29 is 19.1 Å². The quantitative estimate of drug-likeness (QED) is 0.856. The van der Waals surface area contributed by atoms with Gasteiger partial charge in [-0.1, -0.05) is 18.2 Å². The maximum Gasteiger partial charge on any atom is 0.442 e. The average molecular weight is 275 g/mol. The van der Waals surface area contributed by atoms with E-state index in [-0.39, 0.29) is 18.0 Å². The second-order valence-corrected chi connectivity index (χ2v) is 3.76. The molecule has 0 amide bonds. The van der Waals surface area contributed by atoms with Gasteiger partial charge in [-0.15, -0.1) is 4.68 Å². The third-order valence-electron chi connectivity index (χ3n) is 2.42. The van der Waals surface area contributed by atoms with E-state index in [1.54, 1.807) is 37.3 Å². The highest BCUT2D eigenvalue weighted by atomic mass is 16.6. The van der Waals surface area contributed by atoms with E-state index in [0.29, 0.717) is 5.75 Å². The Morgan fingerprint density at radius 3 is 2.65 bits per heavy atom. The van der Waals surface area contributed by atoms with Crippen LogP contribution < -0.4 is 10.5 Å². The Hall–Kier alpha value is -2.83. The average Bonchev–Trinajstić information content (AvgIpc) is 2.82. The molecule has 0 spiro atoms. The van der Waals surface area contributed by atoms with Crippen molar-refractivity contribution >= 4 is 17.9 Å². The van der Waals surface area contributed by atoms with E-state index < -0.39 is 12.1 Å². The van der Waals surface area contributed by atoms with Gasteiger partial charge in [0.1, 0.15) is 17.1 Å². The van der Waals surface area contributed by atoms with Gasteiger partial charge in [-0.05, 0) is 19.1 Å². The van der Waals surface area contributed by atoms with Crippen LogP contribution in [0, 0.1) is 0 Å². The van der Waals surface area contributed by atoms with Crippen LogP contribution in [0.5, 0.6) is 5.75 Å². The van der Waals surface area contributed by atoms with Gasteiger partial charge in [0, 0.05) is 0 Å². The highest BCUT2D eigenvalue weighted by molar-refractivity contribution is 5.95. The Morgan fingerprint density at radius 2 is 2.00 bits per heavy atom. The summed E-state index contributed by atoms with van der Waals surface area (Å²) >= 11 is 0. The number of nitrogens with zero attached hydrogens (tertiary/aromatic N) is 2. The summed E-state index contributed by atoms with van der Waals surface area (Å²) < 4.78 is 10.7. The highest BCUT2D eigenvalue weighted by Crippen LogP contribution is 2.15. The molecule has 0 fully saturated rings.